The SMILES string of the molecule is COCCOC(C)C(=O)Nc1ccccc1N. The second-order valence-corrected chi connectivity index (χ2v) is 3.58. The van der Waals surface area contributed by atoms with Crippen LogP contribution in [0.25, 0.3) is 0 Å². The summed E-state index contributed by atoms with van der Waals surface area (Å²) >= 11 is 0. The maximum Gasteiger partial charge on any atom is 0.253 e. The Labute approximate surface area is 101 Å². The number of carbonyl (C=O) groups is 1. The molecule has 0 aromatic heterocycles. The Balaban J connectivity index is 2.46. The van der Waals surface area contributed by atoms with Gasteiger partial charge in [0.05, 0.1) is 24.6 Å². The zero-order chi connectivity index (χ0) is 12.7. The van der Waals surface area contributed by atoms with E-state index in [0.29, 0.717) is 24.6 Å². The van der Waals surface area contributed by atoms with Gasteiger partial charge >= 0.3 is 0 Å². The van der Waals surface area contributed by atoms with Crippen molar-refractivity contribution in [2.75, 3.05) is 31.4 Å². The summed E-state index contributed by atoms with van der Waals surface area (Å²) in [6.07, 6.45) is -0.537. The molecular weight excluding hydrogens is 220 g/mol. The summed E-state index contributed by atoms with van der Waals surface area (Å²) in [5.41, 5.74) is 6.84. The lowest BCUT2D eigenvalue weighted by Gasteiger charge is -2.14. The van der Waals surface area contributed by atoms with Crippen molar-refractivity contribution in [3.63, 3.8) is 0 Å². The van der Waals surface area contributed by atoms with E-state index in [1.54, 1.807) is 26.2 Å². The number of nitrogens with two attached hydrogens (primary N) is 1. The molecule has 0 spiro atoms. The van der Waals surface area contributed by atoms with E-state index in [2.05, 4.69) is 5.32 Å². The lowest BCUT2D eigenvalue weighted by Crippen LogP contribution is -2.29. The van der Waals surface area contributed by atoms with Crippen LogP contribution in [0.1, 0.15) is 6.92 Å². The highest BCUT2D eigenvalue weighted by Crippen LogP contribution is 2.16. The molecular formula is C12H18N2O3. The summed E-state index contributed by atoms with van der Waals surface area (Å²) in [6, 6.07) is 7.09. The van der Waals surface area contributed by atoms with Gasteiger partial charge in [0, 0.05) is 7.11 Å². The van der Waals surface area contributed by atoms with Crippen LogP contribution < -0.4 is 11.1 Å². The minimum absolute atomic E-state index is 0.223. The molecule has 0 radical (unpaired) electrons. The predicted octanol–water partition coefficient (Wildman–Crippen LogP) is 1.26. The molecule has 0 saturated carbocycles. The summed E-state index contributed by atoms with van der Waals surface area (Å²) in [6.45, 7) is 2.53. The van der Waals surface area contributed by atoms with Gasteiger partial charge in [-0.1, -0.05) is 12.1 Å². The van der Waals surface area contributed by atoms with E-state index in [9.17, 15) is 4.79 Å². The number of hydrogen-bond acceptors (Lipinski definition) is 4. The summed E-state index contributed by atoms with van der Waals surface area (Å²) in [5.74, 6) is -0.223. The minimum atomic E-state index is -0.537. The Morgan fingerprint density at radius 3 is 2.76 bits per heavy atom. The third-order valence-electron chi connectivity index (χ3n) is 2.24. The number of rotatable bonds is 6. The normalized spacial score (nSPS) is 12.1. The number of carbonyl (C=O) groups excluding carboxylic acids is 1. The molecule has 0 aliphatic carbocycles. The van der Waals surface area contributed by atoms with Gasteiger partial charge in [0.2, 0.25) is 0 Å². The first-order chi connectivity index (χ1) is 8.15. The van der Waals surface area contributed by atoms with Crippen molar-refractivity contribution < 1.29 is 14.3 Å². The van der Waals surface area contributed by atoms with Gasteiger partial charge in [-0.2, -0.15) is 0 Å². The van der Waals surface area contributed by atoms with Gasteiger partial charge in [0.1, 0.15) is 6.10 Å². The molecule has 1 aromatic carbocycles. The fourth-order valence-electron chi connectivity index (χ4n) is 1.23. The Kier molecular flexibility index (Phi) is 5.45. The van der Waals surface area contributed by atoms with E-state index in [4.69, 9.17) is 15.2 Å². The van der Waals surface area contributed by atoms with E-state index < -0.39 is 6.10 Å². The number of hydrogen-bond donors (Lipinski definition) is 2. The first kappa shape index (κ1) is 13.5. The molecule has 1 unspecified atom stereocenters. The Bertz CT molecular complexity index is 369. The lowest BCUT2D eigenvalue weighted by molar-refractivity contribution is -0.127. The molecule has 0 aliphatic rings. The molecule has 0 fully saturated rings. The molecule has 0 heterocycles. The monoisotopic (exact) mass is 238 g/mol. The number of amides is 1. The van der Waals surface area contributed by atoms with Crippen LogP contribution in [0.15, 0.2) is 24.3 Å². The molecule has 1 aromatic rings. The smallest absolute Gasteiger partial charge is 0.253 e. The van der Waals surface area contributed by atoms with Crippen LogP contribution in [0.2, 0.25) is 0 Å². The fraction of sp³-hybridized carbons (Fsp3) is 0.417. The molecule has 94 valence electrons. The van der Waals surface area contributed by atoms with Crippen LogP contribution in [-0.2, 0) is 14.3 Å². The van der Waals surface area contributed by atoms with Crippen LogP contribution >= 0.6 is 0 Å². The van der Waals surface area contributed by atoms with Crippen LogP contribution in [0, 0.1) is 0 Å². The zero-order valence-electron chi connectivity index (χ0n) is 10.1. The van der Waals surface area contributed by atoms with Gasteiger partial charge in [-0.15, -0.1) is 0 Å². The molecule has 1 atom stereocenters. The number of ether oxygens (including phenoxy) is 2. The average molecular weight is 238 g/mol. The number of anilines is 2. The highest BCUT2D eigenvalue weighted by atomic mass is 16.5. The Hall–Kier alpha value is -1.59. The van der Waals surface area contributed by atoms with Crippen molar-refractivity contribution in [3.8, 4) is 0 Å². The van der Waals surface area contributed by atoms with E-state index in [1.807, 2.05) is 12.1 Å². The largest absolute Gasteiger partial charge is 0.397 e. The third kappa shape index (κ3) is 4.42. The van der Waals surface area contributed by atoms with E-state index in [1.165, 1.54) is 0 Å². The van der Waals surface area contributed by atoms with Crippen molar-refractivity contribution in [2.45, 2.75) is 13.0 Å². The number of methoxy groups -OCH3 is 1. The number of nitrogen functional groups attached to an aromatic ring is 1. The summed E-state index contributed by atoms with van der Waals surface area (Å²) in [7, 11) is 1.58. The van der Waals surface area contributed by atoms with Gasteiger partial charge < -0.3 is 20.5 Å². The summed E-state index contributed by atoms with van der Waals surface area (Å²) < 4.78 is 10.1. The number of benzene rings is 1. The van der Waals surface area contributed by atoms with Crippen molar-refractivity contribution in [1.82, 2.24) is 0 Å². The van der Waals surface area contributed by atoms with Gasteiger partial charge in [0.15, 0.2) is 0 Å². The predicted molar refractivity (Wildman–Crippen MR) is 66.8 cm³/mol. The number of nitrogens with one attached hydrogen (secondary N) is 1. The summed E-state index contributed by atoms with van der Waals surface area (Å²) in [4.78, 5) is 11.7. The Morgan fingerprint density at radius 1 is 1.41 bits per heavy atom. The molecule has 17 heavy (non-hydrogen) atoms. The standard InChI is InChI=1S/C12H18N2O3/c1-9(17-8-7-16-2)12(15)14-11-6-4-3-5-10(11)13/h3-6,9H,7-8,13H2,1-2H3,(H,14,15). The highest BCUT2D eigenvalue weighted by Gasteiger charge is 2.13. The van der Waals surface area contributed by atoms with Gasteiger partial charge in [0.25, 0.3) is 5.91 Å². The first-order valence-corrected chi connectivity index (χ1v) is 5.41. The Morgan fingerprint density at radius 2 is 2.12 bits per heavy atom. The van der Waals surface area contributed by atoms with Crippen molar-refractivity contribution in [1.29, 1.82) is 0 Å². The van der Waals surface area contributed by atoms with Gasteiger partial charge in [-0.3, -0.25) is 4.79 Å². The topological polar surface area (TPSA) is 73.6 Å². The van der Waals surface area contributed by atoms with Crippen molar-refractivity contribution >= 4 is 17.3 Å². The van der Waals surface area contributed by atoms with Crippen LogP contribution in [0.5, 0.6) is 0 Å². The first-order valence-electron chi connectivity index (χ1n) is 5.41. The molecule has 3 N–H and O–H groups in total. The van der Waals surface area contributed by atoms with Crippen LogP contribution in [0.3, 0.4) is 0 Å². The second-order valence-electron chi connectivity index (χ2n) is 3.58. The van der Waals surface area contributed by atoms with E-state index in [-0.39, 0.29) is 5.91 Å². The molecule has 0 saturated heterocycles. The van der Waals surface area contributed by atoms with E-state index in [0.717, 1.165) is 0 Å². The molecule has 5 nitrogen and oxygen atoms in total. The highest BCUT2D eigenvalue weighted by molar-refractivity contribution is 5.96. The molecule has 0 bridgehead atoms. The summed E-state index contributed by atoms with van der Waals surface area (Å²) in [5, 5.41) is 2.71. The van der Waals surface area contributed by atoms with Crippen molar-refractivity contribution in [2.24, 2.45) is 0 Å². The number of para-hydroxylation sites is 2. The zero-order valence-corrected chi connectivity index (χ0v) is 10.1. The minimum Gasteiger partial charge on any atom is -0.397 e. The fourth-order valence-corrected chi connectivity index (χ4v) is 1.23. The van der Waals surface area contributed by atoms with Crippen molar-refractivity contribution in [3.05, 3.63) is 24.3 Å². The molecule has 1 amide bonds. The van der Waals surface area contributed by atoms with Gasteiger partial charge in [-0.05, 0) is 19.1 Å². The maximum absolute atomic E-state index is 11.7. The molecule has 1 rings (SSSR count). The molecule has 0 aliphatic heterocycles. The van der Waals surface area contributed by atoms with Gasteiger partial charge in [-0.25, -0.2) is 0 Å². The third-order valence-corrected chi connectivity index (χ3v) is 2.24. The van der Waals surface area contributed by atoms with Crippen LogP contribution in [-0.4, -0.2) is 32.3 Å². The van der Waals surface area contributed by atoms with Crippen LogP contribution in [0.4, 0.5) is 11.4 Å². The average Bonchev–Trinajstić information content (AvgIpc) is 2.32. The maximum atomic E-state index is 11.7. The van der Waals surface area contributed by atoms with E-state index >= 15 is 0 Å². The molecule has 5 heteroatoms. The quantitative estimate of drug-likeness (QED) is 0.578. The second kappa shape index (κ2) is 6.88. The lowest BCUT2D eigenvalue weighted by atomic mass is 10.2.